The Morgan fingerprint density at radius 3 is 2.45 bits per heavy atom. The highest BCUT2D eigenvalue weighted by molar-refractivity contribution is 7.84. The van der Waals surface area contributed by atoms with Gasteiger partial charge in [-0.15, -0.1) is 0 Å². The van der Waals surface area contributed by atoms with Gasteiger partial charge in [-0.25, -0.2) is 19.2 Å². The fraction of sp³-hybridized carbons (Fsp3) is 0.522. The third-order valence-electron chi connectivity index (χ3n) is 5.55. The summed E-state index contributed by atoms with van der Waals surface area (Å²) in [7, 11) is -1.29. The Balaban J connectivity index is 1.47. The smallest absolute Gasteiger partial charge is 0.410 e. The van der Waals surface area contributed by atoms with Crippen molar-refractivity contribution in [3.8, 4) is 17.5 Å². The molecule has 10 heteroatoms. The van der Waals surface area contributed by atoms with Crippen LogP contribution in [0.3, 0.4) is 0 Å². The summed E-state index contributed by atoms with van der Waals surface area (Å²) in [6.45, 7) is 4.74. The minimum atomic E-state index is -1.29. The van der Waals surface area contributed by atoms with Crippen molar-refractivity contribution in [3.05, 3.63) is 35.9 Å². The van der Waals surface area contributed by atoms with Gasteiger partial charge in [-0.1, -0.05) is 0 Å². The molecule has 1 aromatic heterocycles. The van der Waals surface area contributed by atoms with Gasteiger partial charge in [0.05, 0.1) is 11.7 Å². The molecule has 2 heterocycles. The van der Waals surface area contributed by atoms with Crippen molar-refractivity contribution in [1.82, 2.24) is 14.9 Å². The summed E-state index contributed by atoms with van der Waals surface area (Å²) in [5, 5.41) is 0. The Hall–Kier alpha value is -2.75. The van der Waals surface area contributed by atoms with Crippen molar-refractivity contribution in [2.24, 2.45) is 0 Å². The third kappa shape index (κ3) is 5.79. The molecule has 1 atom stereocenters. The molecule has 0 spiro atoms. The van der Waals surface area contributed by atoms with E-state index >= 15 is 0 Å². The molecule has 0 N–H and O–H groups in total. The standard InChI is InChI=1S/C23H28FN3O5S/c1-14(2)30-23(28)27-10-8-16(9-11-27)31-21-20(15-4-5-15)22(26-13-25-21)32-19-7-6-17(33(3)29)12-18(19)24/h6-7,12-16H,4-5,8-11H2,1-3H3. The Kier molecular flexibility index (Phi) is 7.11. The average molecular weight is 478 g/mol. The predicted octanol–water partition coefficient (Wildman–Crippen LogP) is 4.41. The zero-order chi connectivity index (χ0) is 23.5. The van der Waals surface area contributed by atoms with Crippen LogP contribution >= 0.6 is 0 Å². The number of nitrogens with zero attached hydrogens (tertiary/aromatic N) is 3. The Bertz CT molecular complexity index is 1040. The maximum Gasteiger partial charge on any atom is 0.410 e. The first kappa shape index (κ1) is 23.4. The molecule has 1 aromatic carbocycles. The van der Waals surface area contributed by atoms with Gasteiger partial charge in [-0.05, 0) is 50.8 Å². The number of hydrogen-bond donors (Lipinski definition) is 0. The number of likely N-dealkylation sites (tertiary alicyclic amines) is 1. The SMILES string of the molecule is CC(C)OC(=O)N1CCC(Oc2ncnc(Oc3ccc(S(C)=O)cc3F)c2C2CC2)CC1. The summed E-state index contributed by atoms with van der Waals surface area (Å²) >= 11 is 0. The molecule has 0 radical (unpaired) electrons. The predicted molar refractivity (Wildman–Crippen MR) is 120 cm³/mol. The van der Waals surface area contributed by atoms with Crippen LogP contribution in [-0.4, -0.2) is 56.7 Å². The normalized spacial score (nSPS) is 17.7. The summed E-state index contributed by atoms with van der Waals surface area (Å²) in [5.41, 5.74) is 0.738. The van der Waals surface area contributed by atoms with Crippen LogP contribution in [0, 0.1) is 5.82 Å². The lowest BCUT2D eigenvalue weighted by atomic mass is 10.1. The summed E-state index contributed by atoms with van der Waals surface area (Å²) in [6, 6.07) is 4.23. The molecule has 1 amide bonds. The van der Waals surface area contributed by atoms with Crippen LogP contribution in [0.25, 0.3) is 0 Å². The molecule has 178 valence electrons. The lowest BCUT2D eigenvalue weighted by molar-refractivity contribution is 0.0504. The number of halogens is 1. The van der Waals surface area contributed by atoms with Gasteiger partial charge in [0.25, 0.3) is 0 Å². The number of aromatic nitrogens is 2. The lowest BCUT2D eigenvalue weighted by Crippen LogP contribution is -2.42. The van der Waals surface area contributed by atoms with Crippen molar-refractivity contribution in [2.45, 2.75) is 62.6 Å². The zero-order valence-corrected chi connectivity index (χ0v) is 19.8. The zero-order valence-electron chi connectivity index (χ0n) is 19.0. The van der Waals surface area contributed by atoms with Gasteiger partial charge in [0.2, 0.25) is 11.8 Å². The van der Waals surface area contributed by atoms with Crippen molar-refractivity contribution < 1.29 is 27.6 Å². The molecule has 1 aliphatic heterocycles. The van der Waals surface area contributed by atoms with Gasteiger partial charge < -0.3 is 19.1 Å². The first-order valence-corrected chi connectivity index (χ1v) is 12.7. The monoisotopic (exact) mass is 477 g/mol. The van der Waals surface area contributed by atoms with Crippen LogP contribution in [-0.2, 0) is 15.5 Å². The molecule has 1 aliphatic carbocycles. The average Bonchev–Trinajstić information content (AvgIpc) is 3.60. The summed E-state index contributed by atoms with van der Waals surface area (Å²) in [6.07, 6.45) is 5.49. The van der Waals surface area contributed by atoms with Crippen LogP contribution in [0.2, 0.25) is 0 Å². The van der Waals surface area contributed by atoms with E-state index in [0.717, 1.165) is 18.4 Å². The largest absolute Gasteiger partial charge is 0.474 e. The van der Waals surface area contributed by atoms with Crippen LogP contribution in [0.15, 0.2) is 29.4 Å². The van der Waals surface area contributed by atoms with Crippen molar-refractivity contribution in [2.75, 3.05) is 19.3 Å². The summed E-state index contributed by atoms with van der Waals surface area (Å²) < 4.78 is 43.4. The molecular weight excluding hydrogens is 449 g/mol. The fourth-order valence-electron chi connectivity index (χ4n) is 3.70. The van der Waals surface area contributed by atoms with Crippen LogP contribution in [0.1, 0.15) is 51.0 Å². The van der Waals surface area contributed by atoms with E-state index in [9.17, 15) is 13.4 Å². The van der Waals surface area contributed by atoms with Crippen LogP contribution in [0.4, 0.5) is 9.18 Å². The number of piperidine rings is 1. The van der Waals surface area contributed by atoms with Gasteiger partial charge in [0, 0.05) is 47.9 Å². The molecule has 2 aliphatic rings. The fourth-order valence-corrected chi connectivity index (χ4v) is 4.23. The maximum absolute atomic E-state index is 14.5. The molecular formula is C23H28FN3O5S. The quantitative estimate of drug-likeness (QED) is 0.583. The van der Waals surface area contributed by atoms with E-state index in [1.807, 2.05) is 13.8 Å². The molecule has 0 bridgehead atoms. The number of carbonyl (C=O) groups excluding carboxylic acids is 1. The van der Waals surface area contributed by atoms with Crippen LogP contribution < -0.4 is 9.47 Å². The topological polar surface area (TPSA) is 90.8 Å². The molecule has 1 saturated carbocycles. The summed E-state index contributed by atoms with van der Waals surface area (Å²) in [5.74, 6) is 0.309. The van der Waals surface area contributed by atoms with Crippen LogP contribution in [0.5, 0.6) is 17.5 Å². The van der Waals surface area contributed by atoms with Crippen molar-refractivity contribution in [3.63, 3.8) is 0 Å². The molecule has 1 saturated heterocycles. The van der Waals surface area contributed by atoms with E-state index in [1.165, 1.54) is 24.7 Å². The highest BCUT2D eigenvalue weighted by Crippen LogP contribution is 2.48. The number of benzene rings is 1. The summed E-state index contributed by atoms with van der Waals surface area (Å²) in [4.78, 5) is 22.8. The second kappa shape index (κ2) is 10.0. The number of carbonyl (C=O) groups is 1. The van der Waals surface area contributed by atoms with E-state index in [1.54, 1.807) is 11.0 Å². The number of amides is 1. The minimum Gasteiger partial charge on any atom is -0.474 e. The lowest BCUT2D eigenvalue weighted by Gasteiger charge is -2.32. The van der Waals surface area contributed by atoms with E-state index < -0.39 is 16.6 Å². The minimum absolute atomic E-state index is 0.00715. The Morgan fingerprint density at radius 2 is 1.85 bits per heavy atom. The van der Waals surface area contributed by atoms with E-state index in [-0.39, 0.29) is 35.8 Å². The first-order valence-electron chi connectivity index (χ1n) is 11.1. The molecule has 2 aromatic rings. The third-order valence-corrected chi connectivity index (χ3v) is 6.47. The number of rotatable bonds is 7. The van der Waals surface area contributed by atoms with Gasteiger partial charge in [-0.3, -0.25) is 4.21 Å². The van der Waals surface area contributed by atoms with Gasteiger partial charge in [0.1, 0.15) is 12.4 Å². The van der Waals surface area contributed by atoms with E-state index in [2.05, 4.69) is 9.97 Å². The molecule has 2 fully saturated rings. The Labute approximate surface area is 194 Å². The maximum atomic E-state index is 14.5. The second-order valence-electron chi connectivity index (χ2n) is 8.56. The van der Waals surface area contributed by atoms with Crippen molar-refractivity contribution in [1.29, 1.82) is 0 Å². The molecule has 1 unspecified atom stereocenters. The number of hydrogen-bond acceptors (Lipinski definition) is 7. The molecule has 8 nitrogen and oxygen atoms in total. The molecule has 33 heavy (non-hydrogen) atoms. The number of ether oxygens (including phenoxy) is 3. The van der Waals surface area contributed by atoms with Gasteiger partial charge >= 0.3 is 6.09 Å². The van der Waals surface area contributed by atoms with E-state index in [4.69, 9.17) is 14.2 Å². The first-order chi connectivity index (χ1) is 15.8. The van der Waals surface area contributed by atoms with Crippen molar-refractivity contribution >= 4 is 16.9 Å². The highest BCUT2D eigenvalue weighted by atomic mass is 32.2. The molecule has 4 rings (SSSR count). The Morgan fingerprint density at radius 1 is 1.15 bits per heavy atom. The van der Waals surface area contributed by atoms with E-state index in [0.29, 0.717) is 36.7 Å². The van der Waals surface area contributed by atoms with Gasteiger partial charge in [-0.2, -0.15) is 0 Å². The second-order valence-corrected chi connectivity index (χ2v) is 9.94. The highest BCUT2D eigenvalue weighted by Gasteiger charge is 2.34. The van der Waals surface area contributed by atoms with Gasteiger partial charge in [0.15, 0.2) is 11.6 Å².